The quantitative estimate of drug-likeness (QED) is 0.653. The summed E-state index contributed by atoms with van der Waals surface area (Å²) in [5.41, 5.74) is 6.36. The van der Waals surface area contributed by atoms with Crippen LogP contribution < -0.4 is 5.73 Å². The molecule has 1 rings (SSSR count). The average Bonchev–Trinajstić information content (AvgIpc) is 2.03. The lowest BCUT2D eigenvalue weighted by molar-refractivity contribution is -0.117. The van der Waals surface area contributed by atoms with E-state index in [9.17, 15) is 4.79 Å². The minimum Gasteiger partial charge on any atom is -0.370 e. The van der Waals surface area contributed by atoms with Crippen molar-refractivity contribution in [1.29, 1.82) is 0 Å². The van der Waals surface area contributed by atoms with Crippen LogP contribution in [0.15, 0.2) is 23.8 Å². The highest BCUT2D eigenvalue weighted by Gasteiger charge is 2.01. The van der Waals surface area contributed by atoms with Gasteiger partial charge in [0.2, 0.25) is 5.91 Å². The standard InChI is InChI=1S/C9H13NO/c10-9(11)7-6-8-4-2-1-3-5-8/h1-2,4H,3,5-7H2,(H2,10,11). The van der Waals surface area contributed by atoms with E-state index in [4.69, 9.17) is 5.73 Å². The summed E-state index contributed by atoms with van der Waals surface area (Å²) in [6, 6.07) is 0. The lowest BCUT2D eigenvalue weighted by atomic mass is 10.0. The molecule has 0 atom stereocenters. The van der Waals surface area contributed by atoms with Gasteiger partial charge >= 0.3 is 0 Å². The first-order valence-electron chi connectivity index (χ1n) is 3.92. The highest BCUT2D eigenvalue weighted by Crippen LogP contribution is 2.16. The fourth-order valence-electron chi connectivity index (χ4n) is 1.14. The first-order chi connectivity index (χ1) is 5.29. The molecule has 2 heteroatoms. The van der Waals surface area contributed by atoms with Crippen LogP contribution >= 0.6 is 0 Å². The highest BCUT2D eigenvalue weighted by molar-refractivity contribution is 5.73. The van der Waals surface area contributed by atoms with Crippen LogP contribution in [0.3, 0.4) is 0 Å². The third-order valence-corrected chi connectivity index (χ3v) is 1.79. The van der Waals surface area contributed by atoms with Crippen LogP contribution in [-0.4, -0.2) is 5.91 Å². The van der Waals surface area contributed by atoms with Gasteiger partial charge < -0.3 is 5.73 Å². The molecule has 0 spiro atoms. The predicted octanol–water partition coefficient (Wildman–Crippen LogP) is 1.53. The molecule has 2 N–H and O–H groups in total. The minimum atomic E-state index is -0.208. The van der Waals surface area contributed by atoms with Crippen molar-refractivity contribution in [3.05, 3.63) is 23.8 Å². The molecular weight excluding hydrogens is 138 g/mol. The van der Waals surface area contributed by atoms with E-state index < -0.39 is 0 Å². The number of hydrogen-bond donors (Lipinski definition) is 1. The Hall–Kier alpha value is -1.05. The van der Waals surface area contributed by atoms with E-state index >= 15 is 0 Å². The van der Waals surface area contributed by atoms with Crippen LogP contribution in [-0.2, 0) is 4.79 Å². The van der Waals surface area contributed by atoms with E-state index in [2.05, 4.69) is 12.2 Å². The van der Waals surface area contributed by atoms with Crippen LogP contribution in [0.4, 0.5) is 0 Å². The third-order valence-electron chi connectivity index (χ3n) is 1.79. The molecule has 0 bridgehead atoms. The summed E-state index contributed by atoms with van der Waals surface area (Å²) < 4.78 is 0. The van der Waals surface area contributed by atoms with Gasteiger partial charge in [-0.05, 0) is 19.3 Å². The van der Waals surface area contributed by atoms with Crippen LogP contribution in [0.25, 0.3) is 0 Å². The Balaban J connectivity index is 2.31. The van der Waals surface area contributed by atoms with Gasteiger partial charge in [0, 0.05) is 6.42 Å². The van der Waals surface area contributed by atoms with Crippen molar-refractivity contribution in [3.63, 3.8) is 0 Å². The van der Waals surface area contributed by atoms with E-state index in [1.807, 2.05) is 6.08 Å². The molecule has 0 heterocycles. The third kappa shape index (κ3) is 3.03. The summed E-state index contributed by atoms with van der Waals surface area (Å²) in [7, 11) is 0. The summed E-state index contributed by atoms with van der Waals surface area (Å²) in [6.45, 7) is 0. The van der Waals surface area contributed by atoms with Crippen LogP contribution in [0.5, 0.6) is 0 Å². The number of carbonyl (C=O) groups is 1. The molecule has 0 saturated carbocycles. The molecule has 0 aliphatic heterocycles. The number of allylic oxidation sites excluding steroid dienone is 4. The summed E-state index contributed by atoms with van der Waals surface area (Å²) in [5.74, 6) is -0.208. The molecule has 0 radical (unpaired) electrons. The monoisotopic (exact) mass is 151 g/mol. The average molecular weight is 151 g/mol. The Morgan fingerprint density at radius 1 is 1.64 bits per heavy atom. The second-order valence-electron chi connectivity index (χ2n) is 2.76. The number of hydrogen-bond acceptors (Lipinski definition) is 1. The normalized spacial score (nSPS) is 16.2. The second-order valence-corrected chi connectivity index (χ2v) is 2.76. The van der Waals surface area contributed by atoms with E-state index in [-0.39, 0.29) is 5.91 Å². The second kappa shape index (κ2) is 3.96. The summed E-state index contributed by atoms with van der Waals surface area (Å²) in [4.78, 5) is 10.4. The molecule has 0 aromatic heterocycles. The molecule has 1 amide bonds. The SMILES string of the molecule is NC(=O)CCC1=CC=CCC1. The Morgan fingerprint density at radius 2 is 2.45 bits per heavy atom. The molecular formula is C9H13NO. The van der Waals surface area contributed by atoms with Gasteiger partial charge in [0.15, 0.2) is 0 Å². The van der Waals surface area contributed by atoms with Crippen LogP contribution in [0.1, 0.15) is 25.7 Å². The zero-order chi connectivity index (χ0) is 8.10. The molecule has 0 saturated heterocycles. The molecule has 11 heavy (non-hydrogen) atoms. The fourth-order valence-corrected chi connectivity index (χ4v) is 1.14. The number of rotatable bonds is 3. The smallest absolute Gasteiger partial charge is 0.217 e. The maximum absolute atomic E-state index is 10.4. The topological polar surface area (TPSA) is 43.1 Å². The lowest BCUT2D eigenvalue weighted by Gasteiger charge is -2.06. The molecule has 0 aromatic rings. The minimum absolute atomic E-state index is 0.208. The molecule has 60 valence electrons. The van der Waals surface area contributed by atoms with Crippen molar-refractivity contribution in [1.82, 2.24) is 0 Å². The molecule has 0 aromatic carbocycles. The van der Waals surface area contributed by atoms with Crippen LogP contribution in [0, 0.1) is 0 Å². The van der Waals surface area contributed by atoms with E-state index in [0.29, 0.717) is 6.42 Å². The number of carbonyl (C=O) groups excluding carboxylic acids is 1. The van der Waals surface area contributed by atoms with Gasteiger partial charge in [-0.2, -0.15) is 0 Å². The molecule has 0 unspecified atom stereocenters. The number of nitrogens with two attached hydrogens (primary N) is 1. The predicted molar refractivity (Wildman–Crippen MR) is 44.9 cm³/mol. The van der Waals surface area contributed by atoms with Crippen molar-refractivity contribution in [3.8, 4) is 0 Å². The first-order valence-corrected chi connectivity index (χ1v) is 3.92. The first kappa shape index (κ1) is 8.05. The molecule has 1 aliphatic carbocycles. The van der Waals surface area contributed by atoms with Gasteiger partial charge in [-0.3, -0.25) is 4.79 Å². The Labute approximate surface area is 66.8 Å². The van der Waals surface area contributed by atoms with E-state index in [0.717, 1.165) is 19.3 Å². The van der Waals surface area contributed by atoms with Gasteiger partial charge in [-0.25, -0.2) is 0 Å². The zero-order valence-electron chi connectivity index (χ0n) is 6.55. The highest BCUT2D eigenvalue weighted by atomic mass is 16.1. The Bertz CT molecular complexity index is 204. The number of amides is 1. The summed E-state index contributed by atoms with van der Waals surface area (Å²) in [5, 5.41) is 0. The van der Waals surface area contributed by atoms with Gasteiger partial charge in [0.05, 0.1) is 0 Å². The maximum Gasteiger partial charge on any atom is 0.217 e. The van der Waals surface area contributed by atoms with Gasteiger partial charge in [-0.1, -0.05) is 23.8 Å². The summed E-state index contributed by atoms with van der Waals surface area (Å²) in [6.07, 6.45) is 9.76. The lowest BCUT2D eigenvalue weighted by Crippen LogP contribution is -2.10. The number of primary amides is 1. The Kier molecular flexibility index (Phi) is 2.90. The fraction of sp³-hybridized carbons (Fsp3) is 0.444. The van der Waals surface area contributed by atoms with Crippen molar-refractivity contribution in [2.45, 2.75) is 25.7 Å². The van der Waals surface area contributed by atoms with Gasteiger partial charge in [0.1, 0.15) is 0 Å². The zero-order valence-corrected chi connectivity index (χ0v) is 6.55. The van der Waals surface area contributed by atoms with E-state index in [1.165, 1.54) is 5.57 Å². The Morgan fingerprint density at radius 3 is 3.00 bits per heavy atom. The molecule has 1 aliphatic rings. The van der Waals surface area contributed by atoms with Gasteiger partial charge in [0.25, 0.3) is 0 Å². The van der Waals surface area contributed by atoms with Crippen molar-refractivity contribution in [2.75, 3.05) is 0 Å². The van der Waals surface area contributed by atoms with Crippen molar-refractivity contribution >= 4 is 5.91 Å². The van der Waals surface area contributed by atoms with Crippen molar-refractivity contribution in [2.24, 2.45) is 5.73 Å². The van der Waals surface area contributed by atoms with Gasteiger partial charge in [-0.15, -0.1) is 0 Å². The van der Waals surface area contributed by atoms with E-state index in [1.54, 1.807) is 0 Å². The maximum atomic E-state index is 10.4. The van der Waals surface area contributed by atoms with Crippen LogP contribution in [0.2, 0.25) is 0 Å². The van der Waals surface area contributed by atoms with Crippen molar-refractivity contribution < 1.29 is 4.79 Å². The molecule has 0 fully saturated rings. The summed E-state index contributed by atoms with van der Waals surface area (Å²) >= 11 is 0. The molecule has 2 nitrogen and oxygen atoms in total. The largest absolute Gasteiger partial charge is 0.370 e.